The third kappa shape index (κ3) is 4.52. The van der Waals surface area contributed by atoms with Gasteiger partial charge in [-0.3, -0.25) is 0 Å². The van der Waals surface area contributed by atoms with Crippen molar-refractivity contribution in [3.05, 3.63) is 0 Å². The third-order valence-electron chi connectivity index (χ3n) is 3.22. The summed E-state index contributed by atoms with van der Waals surface area (Å²) in [6.45, 7) is 3.86. The number of hydrogen-bond donors (Lipinski definition) is 2. The minimum atomic E-state index is -0.995. The number of ether oxygens (including phenoxy) is 1. The van der Waals surface area contributed by atoms with E-state index in [0.29, 0.717) is 18.9 Å². The maximum Gasteiger partial charge on any atom is 0.326 e. The summed E-state index contributed by atoms with van der Waals surface area (Å²) in [7, 11) is 1.69. The first-order chi connectivity index (χ1) is 8.54. The van der Waals surface area contributed by atoms with E-state index in [1.54, 1.807) is 18.9 Å². The van der Waals surface area contributed by atoms with E-state index in [1.807, 2.05) is 0 Å². The lowest BCUT2D eigenvalue weighted by Crippen LogP contribution is -2.47. The molecule has 0 radical (unpaired) electrons. The number of urea groups is 1. The molecule has 0 spiro atoms. The van der Waals surface area contributed by atoms with Crippen molar-refractivity contribution in [1.29, 1.82) is 0 Å². The van der Waals surface area contributed by atoms with Crippen molar-refractivity contribution in [3.63, 3.8) is 0 Å². The second kappa shape index (κ2) is 7.20. The van der Waals surface area contributed by atoms with Crippen LogP contribution in [0.15, 0.2) is 0 Å². The Labute approximate surface area is 107 Å². The van der Waals surface area contributed by atoms with Crippen LogP contribution in [0, 0.1) is 5.92 Å². The molecule has 1 fully saturated rings. The minimum absolute atomic E-state index is 0.323. The van der Waals surface area contributed by atoms with E-state index in [9.17, 15) is 9.59 Å². The largest absolute Gasteiger partial charge is 0.480 e. The smallest absolute Gasteiger partial charge is 0.326 e. The molecule has 6 nitrogen and oxygen atoms in total. The van der Waals surface area contributed by atoms with Gasteiger partial charge in [-0.2, -0.15) is 0 Å². The van der Waals surface area contributed by atoms with Crippen molar-refractivity contribution in [3.8, 4) is 0 Å². The molecule has 0 aromatic carbocycles. The molecule has 1 rings (SSSR count). The van der Waals surface area contributed by atoms with Crippen LogP contribution in [0.4, 0.5) is 4.79 Å². The van der Waals surface area contributed by atoms with Gasteiger partial charge in [0.2, 0.25) is 0 Å². The van der Waals surface area contributed by atoms with E-state index >= 15 is 0 Å². The van der Waals surface area contributed by atoms with Gasteiger partial charge in [0.1, 0.15) is 6.04 Å². The number of rotatable bonds is 5. The Hall–Kier alpha value is -1.30. The average molecular weight is 258 g/mol. The Kier molecular flexibility index (Phi) is 5.91. The van der Waals surface area contributed by atoms with Crippen molar-refractivity contribution < 1.29 is 19.4 Å². The minimum Gasteiger partial charge on any atom is -0.480 e. The fourth-order valence-electron chi connectivity index (χ4n) is 2.00. The van der Waals surface area contributed by atoms with Crippen LogP contribution in [0.2, 0.25) is 0 Å². The molecule has 18 heavy (non-hydrogen) atoms. The molecule has 1 aliphatic heterocycles. The zero-order valence-corrected chi connectivity index (χ0v) is 11.0. The van der Waals surface area contributed by atoms with E-state index in [4.69, 9.17) is 9.84 Å². The van der Waals surface area contributed by atoms with Gasteiger partial charge < -0.3 is 20.1 Å². The standard InChI is InChI=1S/C12H22N2O4/c1-3-10(11(15)16)13-12(17)14(2)8-9-4-6-18-7-5-9/h9-10H,3-8H2,1-2H3,(H,13,17)(H,15,16)/t10-/m1/s1. The number of hydrogen-bond acceptors (Lipinski definition) is 3. The van der Waals surface area contributed by atoms with Gasteiger partial charge in [-0.05, 0) is 25.2 Å². The van der Waals surface area contributed by atoms with E-state index in [0.717, 1.165) is 26.1 Å². The highest BCUT2D eigenvalue weighted by Crippen LogP contribution is 2.15. The van der Waals surface area contributed by atoms with E-state index in [-0.39, 0.29) is 6.03 Å². The van der Waals surface area contributed by atoms with Gasteiger partial charge in [-0.15, -0.1) is 0 Å². The van der Waals surface area contributed by atoms with Crippen molar-refractivity contribution in [2.75, 3.05) is 26.8 Å². The molecule has 2 N–H and O–H groups in total. The number of aliphatic carboxylic acids is 1. The van der Waals surface area contributed by atoms with Crippen LogP contribution in [0.3, 0.4) is 0 Å². The van der Waals surface area contributed by atoms with Gasteiger partial charge in [-0.25, -0.2) is 9.59 Å². The first kappa shape index (κ1) is 14.8. The molecule has 6 heteroatoms. The highest BCUT2D eigenvalue weighted by atomic mass is 16.5. The number of carbonyl (C=O) groups excluding carboxylic acids is 1. The number of nitrogens with zero attached hydrogens (tertiary/aromatic N) is 1. The topological polar surface area (TPSA) is 78.9 Å². The summed E-state index contributed by atoms with van der Waals surface area (Å²) in [5.41, 5.74) is 0. The Morgan fingerprint density at radius 1 is 1.44 bits per heavy atom. The predicted molar refractivity (Wildman–Crippen MR) is 66.4 cm³/mol. The molecular formula is C12H22N2O4. The van der Waals surface area contributed by atoms with Gasteiger partial charge in [0, 0.05) is 26.8 Å². The van der Waals surface area contributed by atoms with Crippen LogP contribution in [-0.4, -0.2) is 54.9 Å². The van der Waals surface area contributed by atoms with Crippen molar-refractivity contribution in [2.45, 2.75) is 32.2 Å². The lowest BCUT2D eigenvalue weighted by molar-refractivity contribution is -0.139. The lowest BCUT2D eigenvalue weighted by Gasteiger charge is -2.28. The number of carbonyl (C=O) groups is 2. The summed E-state index contributed by atoms with van der Waals surface area (Å²) in [6.07, 6.45) is 2.29. The van der Waals surface area contributed by atoms with E-state index in [2.05, 4.69) is 5.32 Å². The molecular weight excluding hydrogens is 236 g/mol. The summed E-state index contributed by atoms with van der Waals surface area (Å²) in [4.78, 5) is 24.2. The number of carboxylic acid groups (broad SMARTS) is 1. The fourth-order valence-corrected chi connectivity index (χ4v) is 2.00. The summed E-state index contributed by atoms with van der Waals surface area (Å²) >= 11 is 0. The maximum atomic E-state index is 11.8. The SMILES string of the molecule is CC[C@@H](NC(=O)N(C)CC1CCOCC1)C(=O)O. The van der Waals surface area contributed by atoms with Crippen LogP contribution in [0.1, 0.15) is 26.2 Å². The highest BCUT2D eigenvalue weighted by molar-refractivity contribution is 5.82. The second-order valence-corrected chi connectivity index (χ2v) is 4.68. The number of carboxylic acids is 1. The van der Waals surface area contributed by atoms with E-state index in [1.165, 1.54) is 0 Å². The normalized spacial score (nSPS) is 18.1. The maximum absolute atomic E-state index is 11.8. The quantitative estimate of drug-likeness (QED) is 0.768. The lowest BCUT2D eigenvalue weighted by atomic mass is 10.00. The van der Waals surface area contributed by atoms with Crippen LogP contribution in [0.25, 0.3) is 0 Å². The predicted octanol–water partition coefficient (Wildman–Crippen LogP) is 0.918. The Balaban J connectivity index is 2.37. The summed E-state index contributed by atoms with van der Waals surface area (Å²) in [6, 6.07) is -1.13. The molecule has 104 valence electrons. The molecule has 1 aliphatic rings. The zero-order valence-electron chi connectivity index (χ0n) is 11.0. The molecule has 1 atom stereocenters. The van der Waals surface area contributed by atoms with Crippen molar-refractivity contribution in [2.24, 2.45) is 5.92 Å². The Bertz CT molecular complexity index is 290. The second-order valence-electron chi connectivity index (χ2n) is 4.68. The Morgan fingerprint density at radius 2 is 2.06 bits per heavy atom. The monoisotopic (exact) mass is 258 g/mol. The summed E-state index contributed by atoms with van der Waals surface area (Å²) in [5, 5.41) is 11.4. The van der Waals surface area contributed by atoms with Crippen LogP contribution < -0.4 is 5.32 Å². The summed E-state index contributed by atoms with van der Waals surface area (Å²) < 4.78 is 5.26. The first-order valence-corrected chi connectivity index (χ1v) is 6.36. The van der Waals surface area contributed by atoms with Crippen LogP contribution >= 0.6 is 0 Å². The van der Waals surface area contributed by atoms with Crippen molar-refractivity contribution >= 4 is 12.0 Å². The van der Waals surface area contributed by atoms with Crippen molar-refractivity contribution in [1.82, 2.24) is 10.2 Å². The molecule has 0 aromatic rings. The summed E-state index contributed by atoms with van der Waals surface area (Å²) in [5.74, 6) is -0.551. The number of amides is 2. The molecule has 0 aliphatic carbocycles. The molecule has 0 unspecified atom stereocenters. The Morgan fingerprint density at radius 3 is 2.56 bits per heavy atom. The van der Waals surface area contributed by atoms with Gasteiger partial charge in [-0.1, -0.05) is 6.92 Å². The van der Waals surface area contributed by atoms with Gasteiger partial charge in [0.15, 0.2) is 0 Å². The third-order valence-corrected chi connectivity index (χ3v) is 3.22. The zero-order chi connectivity index (χ0) is 13.5. The van der Waals surface area contributed by atoms with Gasteiger partial charge in [0.05, 0.1) is 0 Å². The van der Waals surface area contributed by atoms with E-state index < -0.39 is 12.0 Å². The molecule has 0 bridgehead atoms. The molecule has 2 amide bonds. The molecule has 0 aromatic heterocycles. The van der Waals surface area contributed by atoms with Gasteiger partial charge >= 0.3 is 12.0 Å². The molecule has 1 saturated heterocycles. The highest BCUT2D eigenvalue weighted by Gasteiger charge is 2.22. The van der Waals surface area contributed by atoms with Gasteiger partial charge in [0.25, 0.3) is 0 Å². The van der Waals surface area contributed by atoms with Crippen LogP contribution in [-0.2, 0) is 9.53 Å². The fraction of sp³-hybridized carbons (Fsp3) is 0.833. The molecule has 0 saturated carbocycles. The molecule has 1 heterocycles. The van der Waals surface area contributed by atoms with Crippen LogP contribution in [0.5, 0.6) is 0 Å². The first-order valence-electron chi connectivity index (χ1n) is 6.36. The number of nitrogens with one attached hydrogen (secondary N) is 1. The average Bonchev–Trinajstić information content (AvgIpc) is 2.36.